The van der Waals surface area contributed by atoms with E-state index in [0.717, 1.165) is 36.6 Å². The summed E-state index contributed by atoms with van der Waals surface area (Å²) in [6.07, 6.45) is 0.793. The van der Waals surface area contributed by atoms with Crippen molar-refractivity contribution in [3.05, 3.63) is 41.6 Å². The van der Waals surface area contributed by atoms with Crippen molar-refractivity contribution in [2.75, 3.05) is 32.6 Å². The number of benzene rings is 1. The average Bonchev–Trinajstić information content (AvgIpc) is 2.98. The molecule has 0 saturated carbocycles. The van der Waals surface area contributed by atoms with E-state index >= 15 is 0 Å². The van der Waals surface area contributed by atoms with Crippen molar-refractivity contribution < 1.29 is 13.2 Å². The van der Waals surface area contributed by atoms with Crippen LogP contribution in [0.1, 0.15) is 11.3 Å². The van der Waals surface area contributed by atoms with Crippen LogP contribution in [0.3, 0.4) is 0 Å². The van der Waals surface area contributed by atoms with Gasteiger partial charge in [-0.25, -0.2) is 12.7 Å². The molecule has 7 nitrogen and oxygen atoms in total. The molecule has 0 radical (unpaired) electrons. The zero-order chi connectivity index (χ0) is 17.2. The van der Waals surface area contributed by atoms with Crippen molar-refractivity contribution in [2.24, 2.45) is 0 Å². The van der Waals surface area contributed by atoms with E-state index in [1.165, 1.54) is 18.4 Å². The minimum absolute atomic E-state index is 0.311. The fourth-order valence-corrected chi connectivity index (χ4v) is 3.45. The van der Waals surface area contributed by atoms with E-state index < -0.39 is 10.0 Å². The van der Waals surface area contributed by atoms with Crippen LogP contribution in [0.2, 0.25) is 0 Å². The highest BCUT2D eigenvalue weighted by molar-refractivity contribution is 7.89. The van der Waals surface area contributed by atoms with Crippen LogP contribution in [0.25, 0.3) is 0 Å². The van der Waals surface area contributed by atoms with Gasteiger partial charge in [-0.05, 0) is 24.1 Å². The fourth-order valence-electron chi connectivity index (χ4n) is 2.55. The lowest BCUT2D eigenvalue weighted by Gasteiger charge is -2.12. The van der Waals surface area contributed by atoms with E-state index in [2.05, 4.69) is 10.4 Å². The van der Waals surface area contributed by atoms with E-state index in [4.69, 9.17) is 4.74 Å². The van der Waals surface area contributed by atoms with Crippen LogP contribution in [0.4, 0.5) is 5.82 Å². The molecule has 0 bridgehead atoms. The minimum atomic E-state index is -3.37. The largest absolute Gasteiger partial charge is 0.373 e. The van der Waals surface area contributed by atoms with E-state index in [0.29, 0.717) is 18.1 Å². The highest BCUT2D eigenvalue weighted by Crippen LogP contribution is 2.16. The molecule has 0 atom stereocenters. The molecule has 8 heteroatoms. The van der Waals surface area contributed by atoms with Crippen LogP contribution in [0.5, 0.6) is 0 Å². The number of sulfonamides is 1. The lowest BCUT2D eigenvalue weighted by molar-refractivity contribution is 0.0801. The number of hydrogen-bond acceptors (Lipinski definition) is 5. The number of nitrogens with one attached hydrogen (secondary N) is 1. The first-order valence-corrected chi connectivity index (χ1v) is 9.30. The number of anilines is 1. The van der Waals surface area contributed by atoms with Gasteiger partial charge in [0.1, 0.15) is 5.82 Å². The Kier molecular flexibility index (Phi) is 4.88. The van der Waals surface area contributed by atoms with Crippen molar-refractivity contribution >= 4 is 15.8 Å². The summed E-state index contributed by atoms with van der Waals surface area (Å²) in [5, 5.41) is 7.79. The molecule has 0 saturated heterocycles. The molecule has 2 heterocycles. The van der Waals surface area contributed by atoms with Crippen LogP contribution in [0.15, 0.2) is 35.2 Å². The molecule has 1 aromatic carbocycles. The smallest absolute Gasteiger partial charge is 0.242 e. The summed E-state index contributed by atoms with van der Waals surface area (Å²) in [4.78, 5) is 0.311. The van der Waals surface area contributed by atoms with Crippen molar-refractivity contribution in [3.63, 3.8) is 0 Å². The molecule has 24 heavy (non-hydrogen) atoms. The van der Waals surface area contributed by atoms with Crippen LogP contribution < -0.4 is 5.32 Å². The van der Waals surface area contributed by atoms with Gasteiger partial charge in [-0.2, -0.15) is 5.10 Å². The molecule has 0 amide bonds. The van der Waals surface area contributed by atoms with Gasteiger partial charge < -0.3 is 10.1 Å². The quantitative estimate of drug-likeness (QED) is 0.850. The Hall–Kier alpha value is -1.90. The number of rotatable bonds is 6. The van der Waals surface area contributed by atoms with Gasteiger partial charge in [0.2, 0.25) is 10.0 Å². The molecule has 3 rings (SSSR count). The van der Waals surface area contributed by atoms with Gasteiger partial charge in [-0.15, -0.1) is 0 Å². The van der Waals surface area contributed by atoms with Crippen molar-refractivity contribution in [2.45, 2.75) is 24.5 Å². The summed E-state index contributed by atoms with van der Waals surface area (Å²) >= 11 is 0. The number of nitrogens with zero attached hydrogens (tertiary/aromatic N) is 3. The van der Waals surface area contributed by atoms with Gasteiger partial charge in [0.25, 0.3) is 0 Å². The highest BCUT2D eigenvalue weighted by Gasteiger charge is 2.16. The number of hydrogen-bond donors (Lipinski definition) is 1. The Morgan fingerprint density at radius 3 is 2.71 bits per heavy atom. The molecule has 130 valence electrons. The van der Waals surface area contributed by atoms with Crippen LogP contribution >= 0.6 is 0 Å². The van der Waals surface area contributed by atoms with E-state index in [1.54, 1.807) is 12.1 Å². The second-order valence-corrected chi connectivity index (χ2v) is 8.06. The Labute approximate surface area is 142 Å². The first kappa shape index (κ1) is 16.9. The normalized spacial score (nSPS) is 14.6. The highest BCUT2D eigenvalue weighted by atomic mass is 32.2. The lowest BCUT2D eigenvalue weighted by Crippen LogP contribution is -2.22. The molecule has 1 aromatic heterocycles. The first-order chi connectivity index (χ1) is 11.5. The molecule has 0 unspecified atom stereocenters. The van der Waals surface area contributed by atoms with E-state index in [1.807, 2.05) is 22.9 Å². The zero-order valence-electron chi connectivity index (χ0n) is 13.9. The van der Waals surface area contributed by atoms with Gasteiger partial charge in [0.15, 0.2) is 0 Å². The molecular weight excluding hydrogens is 328 g/mol. The molecule has 0 spiro atoms. The summed E-state index contributed by atoms with van der Waals surface area (Å²) in [6, 6.07) is 9.01. The predicted octanol–water partition coefficient (Wildman–Crippen LogP) is 1.32. The summed E-state index contributed by atoms with van der Waals surface area (Å²) < 4.78 is 32.6. The lowest BCUT2D eigenvalue weighted by atomic mass is 10.1. The third kappa shape index (κ3) is 3.61. The van der Waals surface area contributed by atoms with Crippen LogP contribution in [-0.2, 0) is 34.3 Å². The van der Waals surface area contributed by atoms with E-state index in [9.17, 15) is 8.42 Å². The van der Waals surface area contributed by atoms with Gasteiger partial charge in [-0.3, -0.25) is 4.68 Å². The average molecular weight is 350 g/mol. The molecule has 0 fully saturated rings. The minimum Gasteiger partial charge on any atom is -0.373 e. The first-order valence-electron chi connectivity index (χ1n) is 7.86. The maximum atomic E-state index is 12.0. The fraction of sp³-hybridized carbons (Fsp3) is 0.438. The summed E-state index contributed by atoms with van der Waals surface area (Å²) in [6.45, 7) is 2.84. The van der Waals surface area contributed by atoms with Crippen molar-refractivity contribution in [3.8, 4) is 0 Å². The second kappa shape index (κ2) is 6.92. The van der Waals surface area contributed by atoms with Crippen molar-refractivity contribution in [1.29, 1.82) is 0 Å². The number of aromatic nitrogens is 2. The summed E-state index contributed by atoms with van der Waals surface area (Å²) in [5.74, 6) is 0.849. The summed E-state index contributed by atoms with van der Waals surface area (Å²) in [7, 11) is -0.305. The molecule has 1 N–H and O–H groups in total. The van der Waals surface area contributed by atoms with Crippen LogP contribution in [0, 0.1) is 0 Å². The number of fused-ring (bicyclic) bond motifs is 1. The Morgan fingerprint density at radius 1 is 1.29 bits per heavy atom. The molecule has 1 aliphatic heterocycles. The zero-order valence-corrected chi connectivity index (χ0v) is 14.7. The maximum absolute atomic E-state index is 12.0. The van der Waals surface area contributed by atoms with Gasteiger partial charge >= 0.3 is 0 Å². The topological polar surface area (TPSA) is 76.5 Å². The molecular formula is C16H22N4O3S. The van der Waals surface area contributed by atoms with Gasteiger partial charge in [0, 0.05) is 26.7 Å². The number of ether oxygens (including phenoxy) is 1. The van der Waals surface area contributed by atoms with Crippen molar-refractivity contribution in [1.82, 2.24) is 14.1 Å². The monoisotopic (exact) mass is 350 g/mol. The summed E-state index contributed by atoms with van der Waals surface area (Å²) in [5.41, 5.74) is 2.16. The molecule has 0 aliphatic carbocycles. The van der Waals surface area contributed by atoms with Crippen LogP contribution in [-0.4, -0.2) is 49.8 Å². The molecule has 2 aromatic rings. The Morgan fingerprint density at radius 2 is 2.04 bits per heavy atom. The maximum Gasteiger partial charge on any atom is 0.242 e. The van der Waals surface area contributed by atoms with Gasteiger partial charge in [0.05, 0.1) is 30.3 Å². The molecule has 1 aliphatic rings. The SMILES string of the molecule is CN(C)S(=O)(=O)c1ccc(CCNc2cc3n(n2)CCOC3)cc1. The Balaban J connectivity index is 1.56. The van der Waals surface area contributed by atoms with E-state index in [-0.39, 0.29) is 0 Å². The second-order valence-electron chi connectivity index (χ2n) is 5.90. The Bertz CT molecular complexity index is 774. The standard InChI is InChI=1S/C16H22N4O3S/c1-19(2)24(21,22)15-5-3-13(4-6-15)7-8-17-16-11-14-12-23-10-9-20(14)18-16/h3-6,11H,7-10,12H2,1-2H3,(H,17,18). The predicted molar refractivity (Wildman–Crippen MR) is 91.4 cm³/mol. The third-order valence-corrected chi connectivity index (χ3v) is 5.81. The third-order valence-electron chi connectivity index (χ3n) is 3.98. The van der Waals surface area contributed by atoms with Gasteiger partial charge in [-0.1, -0.05) is 12.1 Å².